The minimum absolute atomic E-state index is 0.0343. The van der Waals surface area contributed by atoms with E-state index < -0.39 is 45.8 Å². The number of hydrogen-bond acceptors (Lipinski definition) is 0. The third-order valence-corrected chi connectivity index (χ3v) is 5.44. The van der Waals surface area contributed by atoms with Gasteiger partial charge in [0.25, 0.3) is 0 Å². The lowest BCUT2D eigenvalue weighted by atomic mass is 10.3. The van der Waals surface area contributed by atoms with Gasteiger partial charge in [-0.05, 0) is 6.07 Å². The molecule has 0 atom stereocenters. The van der Waals surface area contributed by atoms with Crippen LogP contribution in [0, 0.1) is 34.9 Å². The van der Waals surface area contributed by atoms with Crippen LogP contribution in [0.1, 0.15) is 0 Å². The Labute approximate surface area is 142 Å². The molecule has 0 radical (unpaired) electrons. The van der Waals surface area contributed by atoms with Gasteiger partial charge >= 0.3 is 0 Å². The number of benzene rings is 3. The molecule has 0 nitrogen and oxygen atoms in total. The van der Waals surface area contributed by atoms with Crippen LogP contribution in [0.4, 0.5) is 26.3 Å². The van der Waals surface area contributed by atoms with Crippen molar-refractivity contribution in [3.8, 4) is 0 Å². The van der Waals surface area contributed by atoms with E-state index in [1.165, 1.54) is 0 Å². The summed E-state index contributed by atoms with van der Waals surface area (Å²) in [4.78, 5) is -0.211. The molecule has 0 spiro atoms. The molecule has 0 unspecified atom stereocenters. The van der Waals surface area contributed by atoms with Crippen molar-refractivity contribution in [2.24, 2.45) is 0 Å². The van der Waals surface area contributed by atoms with E-state index in [1.807, 2.05) is 0 Å². The number of hydrogen-bond donors (Lipinski definition) is 0. The molecule has 0 heterocycles. The predicted octanol–water partition coefficient (Wildman–Crippen LogP) is 5.62. The van der Waals surface area contributed by atoms with Crippen molar-refractivity contribution < 1.29 is 26.3 Å². The molecule has 0 saturated heterocycles. The summed E-state index contributed by atoms with van der Waals surface area (Å²) in [6.45, 7) is 0. The second-order valence-corrected chi connectivity index (χ2v) is 7.09. The second-order valence-electron chi connectivity index (χ2n) is 5.09. The van der Waals surface area contributed by atoms with E-state index in [1.54, 1.807) is 0 Å². The van der Waals surface area contributed by atoms with Gasteiger partial charge in [0.05, 0.1) is 0 Å². The number of rotatable bonds is 3. The van der Waals surface area contributed by atoms with E-state index in [2.05, 4.69) is 0 Å². The standard InChI is InChI=1S/C18H9F6S/c19-10-1-2-18(17(24)9-10)25(15-5-11(20)3-12(21)6-15)16-7-13(22)4-14(23)8-16/h1-9H/q+1. The fourth-order valence-electron chi connectivity index (χ4n) is 2.32. The summed E-state index contributed by atoms with van der Waals surface area (Å²) in [6.07, 6.45) is 0. The van der Waals surface area contributed by atoms with Crippen LogP contribution in [0.2, 0.25) is 0 Å². The summed E-state index contributed by atoms with van der Waals surface area (Å²) in [7, 11) is -1.58. The highest BCUT2D eigenvalue weighted by Crippen LogP contribution is 2.34. The van der Waals surface area contributed by atoms with Crippen LogP contribution in [-0.2, 0) is 10.9 Å². The smallest absolute Gasteiger partial charge is 0.202 e. The van der Waals surface area contributed by atoms with Crippen molar-refractivity contribution in [3.63, 3.8) is 0 Å². The molecule has 0 amide bonds. The summed E-state index contributed by atoms with van der Waals surface area (Å²) in [6, 6.07) is 7.66. The molecule has 0 fully saturated rings. The molecule has 3 aromatic carbocycles. The van der Waals surface area contributed by atoms with Gasteiger partial charge in [0.15, 0.2) is 15.6 Å². The zero-order valence-corrected chi connectivity index (χ0v) is 13.2. The van der Waals surface area contributed by atoms with Crippen molar-refractivity contribution in [3.05, 3.63) is 89.5 Å². The first-order chi connectivity index (χ1) is 11.8. The van der Waals surface area contributed by atoms with Gasteiger partial charge in [-0.15, -0.1) is 0 Å². The van der Waals surface area contributed by atoms with Crippen molar-refractivity contribution in [1.29, 1.82) is 0 Å². The summed E-state index contributed by atoms with van der Waals surface area (Å²) in [5.41, 5.74) is 0. The highest BCUT2D eigenvalue weighted by molar-refractivity contribution is 7.97. The first-order valence-corrected chi connectivity index (χ1v) is 8.17. The van der Waals surface area contributed by atoms with Crippen LogP contribution in [-0.4, -0.2) is 0 Å². The van der Waals surface area contributed by atoms with Gasteiger partial charge in [0.2, 0.25) is 4.90 Å². The Kier molecular flexibility index (Phi) is 4.76. The van der Waals surface area contributed by atoms with Crippen LogP contribution in [0.15, 0.2) is 69.3 Å². The molecule has 0 aliphatic heterocycles. The summed E-state index contributed by atoms with van der Waals surface area (Å²) in [5, 5.41) is 0. The van der Waals surface area contributed by atoms with Gasteiger partial charge in [-0.3, -0.25) is 0 Å². The molecule has 0 aliphatic rings. The first-order valence-electron chi connectivity index (χ1n) is 6.95. The lowest BCUT2D eigenvalue weighted by molar-refractivity contribution is 0.562. The van der Waals surface area contributed by atoms with E-state index in [0.717, 1.165) is 36.4 Å². The first kappa shape index (κ1) is 17.4. The largest absolute Gasteiger partial charge is 0.207 e. The lowest BCUT2D eigenvalue weighted by Gasteiger charge is -2.09. The maximum atomic E-state index is 14.3. The van der Waals surface area contributed by atoms with Gasteiger partial charge in [-0.2, -0.15) is 0 Å². The van der Waals surface area contributed by atoms with E-state index in [4.69, 9.17) is 0 Å². The molecule has 3 aromatic rings. The van der Waals surface area contributed by atoms with Crippen molar-refractivity contribution in [1.82, 2.24) is 0 Å². The van der Waals surface area contributed by atoms with Crippen LogP contribution in [0.25, 0.3) is 0 Å². The van der Waals surface area contributed by atoms with E-state index >= 15 is 0 Å². The van der Waals surface area contributed by atoms with Gasteiger partial charge < -0.3 is 0 Å². The van der Waals surface area contributed by atoms with Crippen molar-refractivity contribution in [2.75, 3.05) is 0 Å². The maximum absolute atomic E-state index is 14.3. The Bertz CT molecular complexity index is 849. The predicted molar refractivity (Wildman–Crippen MR) is 81.2 cm³/mol. The van der Waals surface area contributed by atoms with E-state index in [-0.39, 0.29) is 14.7 Å². The average molecular weight is 371 g/mol. The zero-order valence-electron chi connectivity index (χ0n) is 12.4. The minimum Gasteiger partial charge on any atom is -0.207 e. The van der Waals surface area contributed by atoms with E-state index in [0.29, 0.717) is 18.2 Å². The molecule has 0 saturated carbocycles. The van der Waals surface area contributed by atoms with Crippen LogP contribution < -0.4 is 0 Å². The Hall–Kier alpha value is -2.41. The molecule has 0 bridgehead atoms. The third-order valence-electron chi connectivity index (χ3n) is 3.26. The monoisotopic (exact) mass is 371 g/mol. The molecule has 7 heteroatoms. The summed E-state index contributed by atoms with van der Waals surface area (Å²) < 4.78 is 81.9. The molecule has 128 valence electrons. The maximum Gasteiger partial charge on any atom is 0.202 e. The van der Waals surface area contributed by atoms with Gasteiger partial charge in [0, 0.05) is 48.5 Å². The SMILES string of the molecule is Fc1cc(F)cc([S+](c2cc(F)cc(F)c2)c2ccc(F)cc2F)c1. The van der Waals surface area contributed by atoms with Gasteiger partial charge in [-0.1, -0.05) is 0 Å². The molecule has 0 aromatic heterocycles. The summed E-state index contributed by atoms with van der Waals surface area (Å²) in [5.74, 6) is -5.53. The highest BCUT2D eigenvalue weighted by atomic mass is 32.2. The Morgan fingerprint density at radius 3 is 1.32 bits per heavy atom. The van der Waals surface area contributed by atoms with Crippen molar-refractivity contribution in [2.45, 2.75) is 14.7 Å². The fraction of sp³-hybridized carbons (Fsp3) is 0. The highest BCUT2D eigenvalue weighted by Gasteiger charge is 2.34. The Morgan fingerprint density at radius 1 is 0.480 bits per heavy atom. The van der Waals surface area contributed by atoms with E-state index in [9.17, 15) is 26.3 Å². The normalized spacial score (nSPS) is 11.2. The zero-order chi connectivity index (χ0) is 18.1. The fourth-order valence-corrected chi connectivity index (χ4v) is 4.48. The van der Waals surface area contributed by atoms with Crippen LogP contribution in [0.3, 0.4) is 0 Å². The average Bonchev–Trinajstić information content (AvgIpc) is 2.48. The molecule has 3 rings (SSSR count). The molecule has 0 aliphatic carbocycles. The molecular weight excluding hydrogens is 362 g/mol. The molecule has 0 N–H and O–H groups in total. The minimum atomic E-state index is -1.58. The van der Waals surface area contributed by atoms with Crippen molar-refractivity contribution >= 4 is 10.9 Å². The van der Waals surface area contributed by atoms with Gasteiger partial charge in [-0.25, -0.2) is 26.3 Å². The Morgan fingerprint density at radius 2 is 0.920 bits per heavy atom. The van der Waals surface area contributed by atoms with Gasteiger partial charge in [0.1, 0.15) is 40.0 Å². The lowest BCUT2D eigenvalue weighted by Crippen LogP contribution is -2.09. The molecule has 25 heavy (non-hydrogen) atoms. The van der Waals surface area contributed by atoms with Crippen LogP contribution >= 0.6 is 0 Å². The van der Waals surface area contributed by atoms with Crippen LogP contribution in [0.5, 0.6) is 0 Å². The summed E-state index contributed by atoms with van der Waals surface area (Å²) >= 11 is 0. The quantitative estimate of drug-likeness (QED) is 0.414. The second kappa shape index (κ2) is 6.84. The molecular formula is C18H9F6S+. The number of halogens is 6. The topological polar surface area (TPSA) is 0 Å². The third kappa shape index (κ3) is 3.82. The Balaban J connectivity index is 2.27.